The number of anilines is 1. The number of carboxylic acids is 1. The van der Waals surface area contributed by atoms with Gasteiger partial charge in [-0.15, -0.1) is 0 Å². The second-order valence-electron chi connectivity index (χ2n) is 7.37. The number of aliphatic carboxylic acids is 1. The Morgan fingerprint density at radius 1 is 1.28 bits per heavy atom. The zero-order valence-electron chi connectivity index (χ0n) is 14.6. The molecule has 4 nitrogen and oxygen atoms in total. The highest BCUT2D eigenvalue weighted by Crippen LogP contribution is 2.47. The summed E-state index contributed by atoms with van der Waals surface area (Å²) in [6, 6.07) is 11.0. The Bertz CT molecular complexity index is 804. The van der Waals surface area contributed by atoms with Crippen LogP contribution in [0, 0.1) is 5.92 Å². The van der Waals surface area contributed by atoms with Crippen LogP contribution < -0.4 is 10.5 Å². The van der Waals surface area contributed by atoms with Gasteiger partial charge in [0.1, 0.15) is 5.82 Å². The van der Waals surface area contributed by atoms with Crippen molar-refractivity contribution in [2.45, 2.75) is 44.3 Å². The molecule has 4 rings (SSSR count). The minimum atomic E-state index is -0.696. The van der Waals surface area contributed by atoms with Gasteiger partial charge in [0.25, 0.3) is 0 Å². The molecule has 3 atom stereocenters. The molecular weight excluding hydrogens is 328 g/mol. The number of carboxylic acid groups (broad SMARTS) is 1. The summed E-state index contributed by atoms with van der Waals surface area (Å²) >= 11 is 0. The largest absolute Gasteiger partial charge is 0.481 e. The lowest BCUT2D eigenvalue weighted by atomic mass is 10.1. The van der Waals surface area contributed by atoms with Gasteiger partial charge in [-0.05, 0) is 47.9 Å². The number of nitrogens with one attached hydrogen (secondary N) is 1. The van der Waals surface area contributed by atoms with Gasteiger partial charge in [0, 0.05) is 6.20 Å². The summed E-state index contributed by atoms with van der Waals surface area (Å²) in [7, 11) is -0.443. The van der Waals surface area contributed by atoms with Crippen LogP contribution in [-0.2, 0) is 11.2 Å². The molecule has 0 spiro atoms. The summed E-state index contributed by atoms with van der Waals surface area (Å²) in [5.74, 6) is 0.0969. The first-order valence-electron chi connectivity index (χ1n) is 8.92. The van der Waals surface area contributed by atoms with Crippen LogP contribution in [0.25, 0.3) is 0 Å². The summed E-state index contributed by atoms with van der Waals surface area (Å²) in [5.41, 5.74) is 4.00. The van der Waals surface area contributed by atoms with Crippen LogP contribution in [0.2, 0.25) is 13.1 Å². The molecule has 1 fully saturated rings. The van der Waals surface area contributed by atoms with Gasteiger partial charge in [-0.25, -0.2) is 4.98 Å². The maximum absolute atomic E-state index is 11.0. The third kappa shape index (κ3) is 3.08. The van der Waals surface area contributed by atoms with E-state index in [0.717, 1.165) is 30.6 Å². The fourth-order valence-corrected chi connectivity index (χ4v) is 5.30. The predicted molar refractivity (Wildman–Crippen MR) is 101 cm³/mol. The van der Waals surface area contributed by atoms with Crippen LogP contribution in [0.15, 0.2) is 36.5 Å². The highest BCUT2D eigenvalue weighted by Gasteiger charge is 2.44. The first kappa shape index (κ1) is 16.3. The quantitative estimate of drug-likeness (QED) is 0.811. The Balaban J connectivity index is 1.48. The molecule has 2 N–H and O–H groups in total. The lowest BCUT2D eigenvalue weighted by molar-refractivity contribution is -0.138. The summed E-state index contributed by atoms with van der Waals surface area (Å²) < 4.78 is 0. The molecule has 1 radical (unpaired) electrons. The fraction of sp³-hybridized carbons (Fsp3) is 0.400. The normalized spacial score (nSPS) is 24.2. The van der Waals surface area contributed by atoms with Crippen LogP contribution in [-0.4, -0.2) is 24.9 Å². The van der Waals surface area contributed by atoms with E-state index in [1.54, 1.807) is 5.19 Å². The first-order valence-corrected chi connectivity index (χ1v) is 11.4. The lowest BCUT2D eigenvalue weighted by Gasteiger charge is -2.16. The van der Waals surface area contributed by atoms with E-state index < -0.39 is 14.8 Å². The molecular formula is C20H23N2O2Si. The Kier molecular flexibility index (Phi) is 4.11. The van der Waals surface area contributed by atoms with Crippen molar-refractivity contribution in [3.63, 3.8) is 0 Å². The van der Waals surface area contributed by atoms with Gasteiger partial charge in [-0.1, -0.05) is 42.5 Å². The smallest absolute Gasteiger partial charge is 0.307 e. The first-order chi connectivity index (χ1) is 12.0. The van der Waals surface area contributed by atoms with Crippen molar-refractivity contribution in [2.24, 2.45) is 5.92 Å². The monoisotopic (exact) mass is 351 g/mol. The fourth-order valence-electron chi connectivity index (χ4n) is 4.00. The molecule has 25 heavy (non-hydrogen) atoms. The number of aromatic nitrogens is 1. The number of hydrogen-bond acceptors (Lipinski definition) is 3. The summed E-state index contributed by atoms with van der Waals surface area (Å²) in [6.45, 7) is 4.70. The molecule has 1 aromatic carbocycles. The van der Waals surface area contributed by atoms with Crippen molar-refractivity contribution in [3.05, 3.63) is 53.2 Å². The molecule has 1 heterocycles. The Labute approximate surface area is 149 Å². The molecule has 0 unspecified atom stereocenters. The summed E-state index contributed by atoms with van der Waals surface area (Å²) in [4.78, 5) is 15.5. The average molecular weight is 352 g/mol. The lowest BCUT2D eigenvalue weighted by Crippen LogP contribution is -2.26. The van der Waals surface area contributed by atoms with Crippen molar-refractivity contribution >= 4 is 25.8 Å². The van der Waals surface area contributed by atoms with Gasteiger partial charge in [0.2, 0.25) is 0 Å². The van der Waals surface area contributed by atoms with Crippen molar-refractivity contribution in [2.75, 3.05) is 5.32 Å². The predicted octanol–water partition coefficient (Wildman–Crippen LogP) is 3.33. The number of benzene rings is 1. The van der Waals surface area contributed by atoms with Gasteiger partial charge in [0.15, 0.2) is 0 Å². The number of fused-ring (bicyclic) bond motifs is 1. The molecule has 5 heteroatoms. The molecule has 129 valence electrons. The minimum absolute atomic E-state index is 0.142. The molecule has 2 aliphatic carbocycles. The maximum atomic E-state index is 11.0. The number of rotatable bonds is 5. The maximum Gasteiger partial charge on any atom is 0.307 e. The van der Waals surface area contributed by atoms with Gasteiger partial charge >= 0.3 is 5.97 Å². The van der Waals surface area contributed by atoms with Crippen LogP contribution >= 0.6 is 0 Å². The number of pyridine rings is 1. The number of nitrogens with zero attached hydrogens (tertiary/aromatic N) is 1. The third-order valence-electron chi connectivity index (χ3n) is 5.45. The molecule has 0 saturated heterocycles. The average Bonchev–Trinajstić information content (AvgIpc) is 3.31. The van der Waals surface area contributed by atoms with E-state index in [-0.39, 0.29) is 11.8 Å². The molecule has 2 aliphatic rings. The Morgan fingerprint density at radius 3 is 2.76 bits per heavy atom. The van der Waals surface area contributed by atoms with Crippen LogP contribution in [0.5, 0.6) is 0 Å². The zero-order chi connectivity index (χ0) is 17.6. The molecule has 0 aliphatic heterocycles. The van der Waals surface area contributed by atoms with Crippen molar-refractivity contribution < 1.29 is 9.90 Å². The van der Waals surface area contributed by atoms with Crippen LogP contribution in [0.3, 0.4) is 0 Å². The van der Waals surface area contributed by atoms with E-state index >= 15 is 0 Å². The number of carbonyl (C=O) groups is 1. The van der Waals surface area contributed by atoms with Crippen molar-refractivity contribution in [1.82, 2.24) is 4.98 Å². The van der Waals surface area contributed by atoms with Crippen LogP contribution in [0.1, 0.15) is 41.5 Å². The van der Waals surface area contributed by atoms with E-state index in [1.807, 2.05) is 18.3 Å². The topological polar surface area (TPSA) is 62.2 Å². The van der Waals surface area contributed by atoms with Gasteiger partial charge < -0.3 is 10.4 Å². The van der Waals surface area contributed by atoms with E-state index in [9.17, 15) is 4.79 Å². The molecule has 0 amide bonds. The number of hydrogen-bond donors (Lipinski definition) is 2. The standard InChI is InChI=1S/C20H23N2O2Si/c1-25(2)18-5-3-4-13-14(18)7-8-17(13)22-19-9-6-12(11-21-19)15-10-16(15)20(23)24/h3-6,9,11,15-17H,7-8,10H2,1-2H3,(H,21,22)(H,23,24)/t15-,16+,17-/m1/s1. The second kappa shape index (κ2) is 6.30. The zero-order valence-corrected chi connectivity index (χ0v) is 15.6. The van der Waals surface area contributed by atoms with Crippen molar-refractivity contribution in [3.8, 4) is 0 Å². The SMILES string of the molecule is C[Si](C)c1cccc2c1CC[C@H]2Nc1ccc([C@H]2C[C@@H]2C(=O)O)cn1. The van der Waals surface area contributed by atoms with Gasteiger partial charge in [-0.3, -0.25) is 4.79 Å². The second-order valence-corrected chi connectivity index (χ2v) is 9.91. The highest BCUT2D eigenvalue weighted by atomic mass is 28.3. The molecule has 2 aromatic rings. The highest BCUT2D eigenvalue weighted by molar-refractivity contribution is 6.71. The van der Waals surface area contributed by atoms with Crippen molar-refractivity contribution in [1.29, 1.82) is 0 Å². The third-order valence-corrected chi connectivity index (χ3v) is 7.00. The van der Waals surface area contributed by atoms with E-state index in [0.29, 0.717) is 6.04 Å². The van der Waals surface area contributed by atoms with E-state index in [4.69, 9.17) is 5.11 Å². The van der Waals surface area contributed by atoms with Gasteiger partial charge in [-0.2, -0.15) is 0 Å². The van der Waals surface area contributed by atoms with E-state index in [2.05, 4.69) is 41.6 Å². The molecule has 1 aromatic heterocycles. The Hall–Kier alpha value is -2.14. The van der Waals surface area contributed by atoms with Crippen LogP contribution in [0.4, 0.5) is 5.82 Å². The molecule has 1 saturated carbocycles. The minimum Gasteiger partial charge on any atom is -0.481 e. The summed E-state index contributed by atoms with van der Waals surface area (Å²) in [5, 5.41) is 14.2. The summed E-state index contributed by atoms with van der Waals surface area (Å²) in [6.07, 6.45) is 4.82. The van der Waals surface area contributed by atoms with E-state index in [1.165, 1.54) is 11.1 Å². The van der Waals surface area contributed by atoms with Gasteiger partial charge in [0.05, 0.1) is 20.8 Å². The Morgan fingerprint density at radius 2 is 2.12 bits per heavy atom. The molecule has 0 bridgehead atoms.